The smallest absolute Gasteiger partial charge is 0.0662 e. The van der Waals surface area contributed by atoms with Crippen LogP contribution in [0, 0.1) is 0 Å². The highest BCUT2D eigenvalue weighted by Gasteiger charge is 2.29. The number of benzene rings is 1. The molecule has 0 amide bonds. The summed E-state index contributed by atoms with van der Waals surface area (Å²) in [6.07, 6.45) is 5.87. The normalized spacial score (nSPS) is 14.7. The van der Waals surface area contributed by atoms with E-state index in [0.717, 1.165) is 25.6 Å². The van der Waals surface area contributed by atoms with Crippen LogP contribution in [0.3, 0.4) is 0 Å². The maximum absolute atomic E-state index is 4.63. The van der Waals surface area contributed by atoms with Gasteiger partial charge in [-0.05, 0) is 31.4 Å². The molecule has 20 heavy (non-hydrogen) atoms. The van der Waals surface area contributed by atoms with Gasteiger partial charge < -0.3 is 5.32 Å². The molecular formula is C17H23N3. The fraction of sp³-hybridized carbons (Fsp3) is 0.471. The van der Waals surface area contributed by atoms with Gasteiger partial charge in [0.15, 0.2) is 0 Å². The van der Waals surface area contributed by atoms with Crippen molar-refractivity contribution in [1.82, 2.24) is 15.1 Å². The SMILES string of the molecule is CCCNCc1cnn(Cc2ccccc2)c1C1CC1. The van der Waals surface area contributed by atoms with Gasteiger partial charge in [0.05, 0.1) is 12.7 Å². The molecule has 1 N–H and O–H groups in total. The minimum Gasteiger partial charge on any atom is -0.313 e. The Balaban J connectivity index is 1.77. The number of hydrogen-bond acceptors (Lipinski definition) is 2. The van der Waals surface area contributed by atoms with Crippen LogP contribution < -0.4 is 5.32 Å². The molecule has 0 bridgehead atoms. The largest absolute Gasteiger partial charge is 0.313 e. The molecule has 106 valence electrons. The predicted octanol–water partition coefficient (Wildman–Crippen LogP) is 3.31. The van der Waals surface area contributed by atoms with Crippen molar-refractivity contribution in [3.63, 3.8) is 0 Å². The van der Waals surface area contributed by atoms with Crippen molar-refractivity contribution in [1.29, 1.82) is 0 Å². The van der Waals surface area contributed by atoms with Crippen molar-refractivity contribution in [2.75, 3.05) is 6.54 Å². The number of nitrogens with zero attached hydrogens (tertiary/aromatic N) is 2. The lowest BCUT2D eigenvalue weighted by molar-refractivity contribution is 0.634. The molecular weight excluding hydrogens is 246 g/mol. The topological polar surface area (TPSA) is 29.9 Å². The van der Waals surface area contributed by atoms with E-state index in [1.807, 2.05) is 0 Å². The quantitative estimate of drug-likeness (QED) is 0.782. The van der Waals surface area contributed by atoms with Crippen LogP contribution in [-0.2, 0) is 13.1 Å². The lowest BCUT2D eigenvalue weighted by Gasteiger charge is -2.09. The average molecular weight is 269 g/mol. The van der Waals surface area contributed by atoms with E-state index in [1.54, 1.807) is 0 Å². The zero-order chi connectivity index (χ0) is 13.8. The molecule has 1 heterocycles. The van der Waals surface area contributed by atoms with Crippen LogP contribution in [0.25, 0.3) is 0 Å². The van der Waals surface area contributed by atoms with Crippen molar-refractivity contribution in [2.45, 2.75) is 45.2 Å². The van der Waals surface area contributed by atoms with Crippen molar-refractivity contribution in [3.05, 3.63) is 53.3 Å². The summed E-state index contributed by atoms with van der Waals surface area (Å²) in [5.74, 6) is 0.736. The first-order valence-corrected chi connectivity index (χ1v) is 7.67. The Labute approximate surface area is 121 Å². The summed E-state index contributed by atoms with van der Waals surface area (Å²) >= 11 is 0. The van der Waals surface area contributed by atoms with Gasteiger partial charge in [0.2, 0.25) is 0 Å². The monoisotopic (exact) mass is 269 g/mol. The van der Waals surface area contributed by atoms with Gasteiger partial charge in [0.1, 0.15) is 0 Å². The Morgan fingerprint density at radius 2 is 2.05 bits per heavy atom. The van der Waals surface area contributed by atoms with Gasteiger partial charge in [-0.25, -0.2) is 0 Å². The summed E-state index contributed by atoms with van der Waals surface area (Å²) in [7, 11) is 0. The maximum Gasteiger partial charge on any atom is 0.0662 e. The minimum absolute atomic E-state index is 0.736. The van der Waals surface area contributed by atoms with Gasteiger partial charge in [0, 0.05) is 23.7 Å². The van der Waals surface area contributed by atoms with Gasteiger partial charge in [0.25, 0.3) is 0 Å². The second-order valence-electron chi connectivity index (χ2n) is 5.65. The van der Waals surface area contributed by atoms with Crippen LogP contribution in [0.2, 0.25) is 0 Å². The Bertz CT molecular complexity index is 541. The van der Waals surface area contributed by atoms with Gasteiger partial charge >= 0.3 is 0 Å². The first-order chi connectivity index (χ1) is 9.88. The van der Waals surface area contributed by atoms with Gasteiger partial charge in [-0.15, -0.1) is 0 Å². The molecule has 1 aromatic heterocycles. The van der Waals surface area contributed by atoms with E-state index in [-0.39, 0.29) is 0 Å². The molecule has 3 heteroatoms. The van der Waals surface area contributed by atoms with Crippen LogP contribution in [0.15, 0.2) is 36.5 Å². The van der Waals surface area contributed by atoms with Crippen LogP contribution in [0.4, 0.5) is 0 Å². The fourth-order valence-electron chi connectivity index (χ4n) is 2.68. The Morgan fingerprint density at radius 1 is 1.25 bits per heavy atom. The molecule has 0 saturated heterocycles. The lowest BCUT2D eigenvalue weighted by atomic mass is 10.1. The van der Waals surface area contributed by atoms with E-state index in [1.165, 1.54) is 36.1 Å². The lowest BCUT2D eigenvalue weighted by Crippen LogP contribution is -2.15. The summed E-state index contributed by atoms with van der Waals surface area (Å²) in [6.45, 7) is 5.12. The molecule has 1 fully saturated rings. The third-order valence-corrected chi connectivity index (χ3v) is 3.84. The third kappa shape index (κ3) is 3.10. The second-order valence-corrected chi connectivity index (χ2v) is 5.65. The summed E-state index contributed by atoms with van der Waals surface area (Å²) in [5.41, 5.74) is 4.17. The Kier molecular flexibility index (Phi) is 4.16. The molecule has 0 spiro atoms. The fourth-order valence-corrected chi connectivity index (χ4v) is 2.68. The molecule has 3 nitrogen and oxygen atoms in total. The van der Waals surface area contributed by atoms with E-state index in [0.29, 0.717) is 0 Å². The van der Waals surface area contributed by atoms with E-state index in [9.17, 15) is 0 Å². The maximum atomic E-state index is 4.63. The molecule has 3 rings (SSSR count). The number of aromatic nitrogens is 2. The van der Waals surface area contributed by atoms with E-state index >= 15 is 0 Å². The van der Waals surface area contributed by atoms with Gasteiger partial charge in [-0.1, -0.05) is 37.3 Å². The van der Waals surface area contributed by atoms with E-state index in [2.05, 4.69) is 58.5 Å². The van der Waals surface area contributed by atoms with Crippen molar-refractivity contribution in [2.24, 2.45) is 0 Å². The van der Waals surface area contributed by atoms with Crippen LogP contribution in [-0.4, -0.2) is 16.3 Å². The Hall–Kier alpha value is -1.61. The summed E-state index contributed by atoms with van der Waals surface area (Å²) in [4.78, 5) is 0. The first kappa shape index (κ1) is 13.4. The predicted molar refractivity (Wildman–Crippen MR) is 81.7 cm³/mol. The third-order valence-electron chi connectivity index (χ3n) is 3.84. The zero-order valence-electron chi connectivity index (χ0n) is 12.2. The summed E-state index contributed by atoms with van der Waals surface area (Å²) < 4.78 is 2.20. The molecule has 2 aromatic rings. The summed E-state index contributed by atoms with van der Waals surface area (Å²) in [5, 5.41) is 8.13. The van der Waals surface area contributed by atoms with Crippen molar-refractivity contribution in [3.8, 4) is 0 Å². The average Bonchev–Trinajstić information content (AvgIpc) is 3.24. The van der Waals surface area contributed by atoms with E-state index in [4.69, 9.17) is 0 Å². The van der Waals surface area contributed by atoms with Crippen LogP contribution in [0.5, 0.6) is 0 Å². The Morgan fingerprint density at radius 3 is 2.75 bits per heavy atom. The molecule has 1 aromatic carbocycles. The highest BCUT2D eigenvalue weighted by molar-refractivity contribution is 5.27. The molecule has 0 atom stereocenters. The molecule has 1 saturated carbocycles. The number of hydrogen-bond donors (Lipinski definition) is 1. The summed E-state index contributed by atoms with van der Waals surface area (Å²) in [6, 6.07) is 10.6. The van der Waals surface area contributed by atoms with Gasteiger partial charge in [-0.2, -0.15) is 5.10 Å². The second kappa shape index (κ2) is 6.23. The number of nitrogens with one attached hydrogen (secondary N) is 1. The van der Waals surface area contributed by atoms with Crippen LogP contribution in [0.1, 0.15) is 48.9 Å². The van der Waals surface area contributed by atoms with E-state index < -0.39 is 0 Å². The number of rotatable bonds is 7. The minimum atomic E-state index is 0.736. The molecule has 0 radical (unpaired) electrons. The van der Waals surface area contributed by atoms with Crippen molar-refractivity contribution < 1.29 is 0 Å². The van der Waals surface area contributed by atoms with Gasteiger partial charge in [-0.3, -0.25) is 4.68 Å². The van der Waals surface area contributed by atoms with Crippen molar-refractivity contribution >= 4 is 0 Å². The molecule has 0 unspecified atom stereocenters. The van der Waals surface area contributed by atoms with Crippen LogP contribution >= 0.6 is 0 Å². The highest BCUT2D eigenvalue weighted by atomic mass is 15.3. The first-order valence-electron chi connectivity index (χ1n) is 7.67. The highest BCUT2D eigenvalue weighted by Crippen LogP contribution is 2.41. The molecule has 1 aliphatic carbocycles. The standard InChI is InChI=1S/C17H23N3/c1-2-10-18-11-16-12-19-20(17(16)15-8-9-15)13-14-6-4-3-5-7-14/h3-7,12,15,18H,2,8-11,13H2,1H3. The molecule has 1 aliphatic rings. The molecule has 0 aliphatic heterocycles. The zero-order valence-corrected chi connectivity index (χ0v) is 12.2.